The van der Waals surface area contributed by atoms with E-state index in [1.807, 2.05) is 6.92 Å². The summed E-state index contributed by atoms with van der Waals surface area (Å²) in [4.78, 5) is 11.1. The molecular weight excluding hydrogens is 172 g/mol. The van der Waals surface area contributed by atoms with E-state index in [1.54, 1.807) is 0 Å². The standard InChI is InChI=1S/C10H15ClO/c1-7-4-5-10(3,9(11)12)6-8(7)2/h4-6H2,1-3H3. The number of allylic oxidation sites excluding steroid dienone is 2. The van der Waals surface area contributed by atoms with Gasteiger partial charge >= 0.3 is 0 Å². The summed E-state index contributed by atoms with van der Waals surface area (Å²) in [6, 6.07) is 0. The molecule has 0 saturated heterocycles. The van der Waals surface area contributed by atoms with Crippen LogP contribution in [0.2, 0.25) is 0 Å². The Morgan fingerprint density at radius 3 is 2.42 bits per heavy atom. The van der Waals surface area contributed by atoms with E-state index < -0.39 is 0 Å². The Morgan fingerprint density at radius 1 is 1.42 bits per heavy atom. The Hall–Kier alpha value is -0.300. The van der Waals surface area contributed by atoms with E-state index in [2.05, 4.69) is 13.8 Å². The van der Waals surface area contributed by atoms with E-state index >= 15 is 0 Å². The molecule has 0 aliphatic heterocycles. The number of carbonyl (C=O) groups is 1. The van der Waals surface area contributed by atoms with Gasteiger partial charge in [-0.15, -0.1) is 0 Å². The first-order valence-corrected chi connectivity index (χ1v) is 4.69. The minimum atomic E-state index is -0.300. The van der Waals surface area contributed by atoms with Gasteiger partial charge in [-0.3, -0.25) is 4.79 Å². The molecule has 1 unspecified atom stereocenters. The van der Waals surface area contributed by atoms with Crippen molar-refractivity contribution in [2.75, 3.05) is 0 Å². The monoisotopic (exact) mass is 186 g/mol. The van der Waals surface area contributed by atoms with Crippen LogP contribution in [0.15, 0.2) is 11.1 Å². The summed E-state index contributed by atoms with van der Waals surface area (Å²) < 4.78 is 0. The van der Waals surface area contributed by atoms with Crippen molar-refractivity contribution in [3.63, 3.8) is 0 Å². The highest BCUT2D eigenvalue weighted by Gasteiger charge is 2.34. The van der Waals surface area contributed by atoms with E-state index in [0.717, 1.165) is 19.3 Å². The summed E-state index contributed by atoms with van der Waals surface area (Å²) in [5.41, 5.74) is 2.45. The van der Waals surface area contributed by atoms with Crippen molar-refractivity contribution in [1.29, 1.82) is 0 Å². The van der Waals surface area contributed by atoms with Crippen molar-refractivity contribution >= 4 is 16.8 Å². The predicted octanol–water partition coefficient (Wildman–Crippen LogP) is 3.28. The van der Waals surface area contributed by atoms with Crippen molar-refractivity contribution in [1.82, 2.24) is 0 Å². The molecule has 12 heavy (non-hydrogen) atoms. The third-order valence-corrected chi connectivity index (χ3v) is 3.37. The lowest BCUT2D eigenvalue weighted by atomic mass is 9.74. The predicted molar refractivity (Wildman–Crippen MR) is 51.2 cm³/mol. The minimum Gasteiger partial charge on any atom is -0.281 e. The quantitative estimate of drug-likeness (QED) is 0.454. The zero-order valence-corrected chi connectivity index (χ0v) is 8.66. The van der Waals surface area contributed by atoms with Crippen LogP contribution in [0.1, 0.15) is 40.0 Å². The number of carbonyl (C=O) groups excluding carboxylic acids is 1. The summed E-state index contributed by atoms with van der Waals surface area (Å²) in [6.07, 6.45) is 2.75. The first kappa shape index (κ1) is 9.79. The number of halogens is 1. The largest absolute Gasteiger partial charge is 0.281 e. The van der Waals surface area contributed by atoms with Gasteiger partial charge in [-0.25, -0.2) is 0 Å². The molecular formula is C10H15ClO. The lowest BCUT2D eigenvalue weighted by molar-refractivity contribution is -0.120. The Bertz CT molecular complexity index is 242. The molecule has 0 aromatic carbocycles. The van der Waals surface area contributed by atoms with Gasteiger partial charge < -0.3 is 0 Å². The molecule has 2 heteroatoms. The van der Waals surface area contributed by atoms with E-state index in [0.29, 0.717) is 0 Å². The fraction of sp³-hybridized carbons (Fsp3) is 0.700. The Kier molecular flexibility index (Phi) is 2.62. The molecule has 68 valence electrons. The fourth-order valence-corrected chi connectivity index (χ4v) is 1.83. The van der Waals surface area contributed by atoms with Gasteiger partial charge in [-0.2, -0.15) is 0 Å². The van der Waals surface area contributed by atoms with Gasteiger partial charge in [0.1, 0.15) is 0 Å². The molecule has 1 atom stereocenters. The number of hydrogen-bond donors (Lipinski definition) is 0. The zero-order valence-electron chi connectivity index (χ0n) is 7.91. The summed E-state index contributed by atoms with van der Waals surface area (Å²) in [6.45, 7) is 6.18. The smallest absolute Gasteiger partial charge is 0.227 e. The molecule has 0 radical (unpaired) electrons. The first-order valence-electron chi connectivity index (χ1n) is 4.31. The second-order valence-electron chi connectivity index (χ2n) is 4.07. The van der Waals surface area contributed by atoms with Crippen LogP contribution < -0.4 is 0 Å². The Labute approximate surface area is 78.8 Å². The maximum atomic E-state index is 11.1. The van der Waals surface area contributed by atoms with Gasteiger partial charge in [0.2, 0.25) is 5.24 Å². The van der Waals surface area contributed by atoms with Crippen LogP contribution in [0.5, 0.6) is 0 Å². The van der Waals surface area contributed by atoms with Gasteiger partial charge in [0.05, 0.1) is 0 Å². The third kappa shape index (κ3) is 1.71. The van der Waals surface area contributed by atoms with Gasteiger partial charge in [0, 0.05) is 5.41 Å². The molecule has 0 aromatic heterocycles. The summed E-state index contributed by atoms with van der Waals surface area (Å²) in [7, 11) is 0. The highest BCUT2D eigenvalue weighted by Crippen LogP contribution is 2.40. The molecule has 1 rings (SSSR count). The molecule has 0 fully saturated rings. The number of hydrogen-bond acceptors (Lipinski definition) is 1. The van der Waals surface area contributed by atoms with Crippen molar-refractivity contribution in [2.24, 2.45) is 5.41 Å². The van der Waals surface area contributed by atoms with Gasteiger partial charge in [-0.05, 0) is 44.7 Å². The summed E-state index contributed by atoms with van der Waals surface area (Å²) in [5.74, 6) is 0. The normalized spacial score (nSPS) is 30.7. The molecule has 0 N–H and O–H groups in total. The topological polar surface area (TPSA) is 17.1 Å². The lowest BCUT2D eigenvalue weighted by Gasteiger charge is -2.31. The highest BCUT2D eigenvalue weighted by atomic mass is 35.5. The molecule has 1 nitrogen and oxygen atoms in total. The maximum absolute atomic E-state index is 11.1. The maximum Gasteiger partial charge on any atom is 0.227 e. The van der Waals surface area contributed by atoms with Gasteiger partial charge in [-0.1, -0.05) is 18.1 Å². The number of rotatable bonds is 1. The fourth-order valence-electron chi connectivity index (χ4n) is 1.67. The minimum absolute atomic E-state index is 0.186. The van der Waals surface area contributed by atoms with Crippen LogP contribution in [-0.2, 0) is 4.79 Å². The molecule has 0 saturated carbocycles. The van der Waals surface area contributed by atoms with E-state index in [1.165, 1.54) is 11.1 Å². The molecule has 0 heterocycles. The molecule has 0 spiro atoms. The van der Waals surface area contributed by atoms with Crippen molar-refractivity contribution < 1.29 is 4.79 Å². The van der Waals surface area contributed by atoms with Crippen LogP contribution in [-0.4, -0.2) is 5.24 Å². The van der Waals surface area contributed by atoms with Crippen LogP contribution in [0.4, 0.5) is 0 Å². The van der Waals surface area contributed by atoms with Crippen LogP contribution in [0.3, 0.4) is 0 Å². The van der Waals surface area contributed by atoms with Crippen LogP contribution >= 0.6 is 11.6 Å². The van der Waals surface area contributed by atoms with E-state index in [-0.39, 0.29) is 10.7 Å². The summed E-state index contributed by atoms with van der Waals surface area (Å²) >= 11 is 5.55. The van der Waals surface area contributed by atoms with Crippen LogP contribution in [0, 0.1) is 5.41 Å². The average molecular weight is 187 g/mol. The average Bonchev–Trinajstić information content (AvgIpc) is 1.97. The van der Waals surface area contributed by atoms with Gasteiger partial charge in [0.25, 0.3) is 0 Å². The van der Waals surface area contributed by atoms with Crippen LogP contribution in [0.25, 0.3) is 0 Å². The van der Waals surface area contributed by atoms with Crippen molar-refractivity contribution in [2.45, 2.75) is 40.0 Å². The van der Waals surface area contributed by atoms with E-state index in [4.69, 9.17) is 11.6 Å². The summed E-state index contributed by atoms with van der Waals surface area (Å²) in [5, 5.41) is -0.186. The molecule has 0 aromatic rings. The molecule has 1 aliphatic rings. The van der Waals surface area contributed by atoms with Crippen molar-refractivity contribution in [3.8, 4) is 0 Å². The second kappa shape index (κ2) is 3.21. The van der Waals surface area contributed by atoms with Crippen molar-refractivity contribution in [3.05, 3.63) is 11.1 Å². The first-order chi connectivity index (χ1) is 5.46. The molecule has 0 amide bonds. The van der Waals surface area contributed by atoms with Gasteiger partial charge in [0.15, 0.2) is 0 Å². The Balaban J connectivity index is 2.84. The second-order valence-corrected chi connectivity index (χ2v) is 4.42. The zero-order chi connectivity index (χ0) is 9.35. The molecule has 0 bridgehead atoms. The Morgan fingerprint density at radius 2 is 2.00 bits per heavy atom. The highest BCUT2D eigenvalue weighted by molar-refractivity contribution is 6.64. The van der Waals surface area contributed by atoms with E-state index in [9.17, 15) is 4.79 Å². The SMILES string of the molecule is CC1=C(C)CC(C)(C(=O)Cl)CC1. The third-order valence-electron chi connectivity index (χ3n) is 2.91. The molecule has 1 aliphatic carbocycles. The lowest BCUT2D eigenvalue weighted by Crippen LogP contribution is -2.27.